The summed E-state index contributed by atoms with van der Waals surface area (Å²) in [4.78, 5) is 21.5. The molecule has 0 spiro atoms. The van der Waals surface area contributed by atoms with Crippen LogP contribution < -0.4 is 20.4 Å². The summed E-state index contributed by atoms with van der Waals surface area (Å²) in [6.07, 6.45) is 28.0. The summed E-state index contributed by atoms with van der Waals surface area (Å²) in [5.41, 5.74) is 1.38. The molecule has 0 aliphatic heterocycles. The molecule has 3 nitrogen and oxygen atoms in total. The summed E-state index contributed by atoms with van der Waals surface area (Å²) in [6, 6.07) is 20.4. The van der Waals surface area contributed by atoms with Gasteiger partial charge in [0.2, 0.25) is 0 Å². The first kappa shape index (κ1) is 36.0. The predicted molar refractivity (Wildman–Crippen MR) is 212 cm³/mol. The van der Waals surface area contributed by atoms with Gasteiger partial charge in [-0.25, -0.2) is 0 Å². The molecular weight excluding hydrogens is 791 g/mol. The van der Waals surface area contributed by atoms with Crippen LogP contribution in [-0.2, 0) is 20.3 Å². The average Bonchev–Trinajstić information content (AvgIpc) is 3.13. The Bertz CT molecular complexity index is 1130. The fourth-order valence-electron chi connectivity index (χ4n) is 10.8. The van der Waals surface area contributed by atoms with Crippen LogP contribution in [0.15, 0.2) is 48.5 Å². The van der Waals surface area contributed by atoms with Crippen molar-refractivity contribution in [3.05, 3.63) is 48.5 Å². The first-order valence-corrected chi connectivity index (χ1v) is 32.1. The van der Waals surface area contributed by atoms with Crippen molar-refractivity contribution in [2.75, 3.05) is 38.0 Å². The van der Waals surface area contributed by atoms with Crippen molar-refractivity contribution >= 4 is 37.8 Å². The molecule has 4 fully saturated rings. The van der Waals surface area contributed by atoms with Crippen LogP contribution in [0.2, 0.25) is 0 Å². The van der Waals surface area contributed by atoms with E-state index in [4.69, 9.17) is 0 Å². The predicted octanol–water partition coefficient (Wildman–Crippen LogP) is 10.2. The van der Waals surface area contributed by atoms with Gasteiger partial charge in [-0.05, 0) is 0 Å². The first-order valence-electron chi connectivity index (χ1n) is 19.6. The van der Waals surface area contributed by atoms with Crippen molar-refractivity contribution in [1.82, 2.24) is 0 Å². The molecule has 2 aromatic carbocycles. The number of anilines is 2. The van der Waals surface area contributed by atoms with Crippen molar-refractivity contribution in [3.63, 3.8) is 0 Å². The normalized spacial score (nSPS) is 22.4. The van der Waals surface area contributed by atoms with E-state index in [2.05, 4.69) is 86.5 Å². The van der Waals surface area contributed by atoms with Crippen molar-refractivity contribution in [2.45, 2.75) is 151 Å². The molecule has 0 unspecified atom stereocenters. The van der Waals surface area contributed by atoms with Gasteiger partial charge in [0.25, 0.3) is 0 Å². The molecule has 4 aliphatic carbocycles. The number of hydrogen-bond donors (Lipinski definition) is 0. The van der Waals surface area contributed by atoms with Crippen LogP contribution in [0.4, 0.5) is 11.4 Å². The summed E-state index contributed by atoms with van der Waals surface area (Å²) in [6.45, 7) is 0. The molecule has 4 aliphatic rings. The second-order valence-electron chi connectivity index (χ2n) is 16.0. The van der Waals surface area contributed by atoms with Crippen LogP contribution >= 0.6 is 11.0 Å². The van der Waals surface area contributed by atoms with Crippen molar-refractivity contribution in [3.8, 4) is 0 Å². The summed E-state index contributed by atoms with van der Waals surface area (Å²) >= 11 is -2.42. The fraction of sp³-hybridized carbons (Fsp3) is 0.683. The van der Waals surface area contributed by atoms with E-state index in [0.717, 1.165) is 22.6 Å². The van der Waals surface area contributed by atoms with Gasteiger partial charge in [0.1, 0.15) is 0 Å². The van der Waals surface area contributed by atoms with E-state index in [1.165, 1.54) is 140 Å². The van der Waals surface area contributed by atoms with Gasteiger partial charge in [0.15, 0.2) is 0 Å². The van der Waals surface area contributed by atoms with E-state index in [-0.39, 0.29) is 0 Å². The van der Waals surface area contributed by atoms with Gasteiger partial charge in [0, 0.05) is 0 Å². The number of hydrogen-bond acceptors (Lipinski definition) is 3. The number of benzene rings is 2. The summed E-state index contributed by atoms with van der Waals surface area (Å²) in [5.74, 6) is 0. The maximum atomic E-state index is 15.0. The van der Waals surface area contributed by atoms with Crippen molar-refractivity contribution in [2.24, 2.45) is 0 Å². The number of nitrogens with zero attached hydrogens (tertiary/aromatic N) is 2. The quantitative estimate of drug-likeness (QED) is 0.166. The van der Waals surface area contributed by atoms with Crippen molar-refractivity contribution < 1.29 is 20.3 Å². The number of carbonyl (C=O) groups is 1. The molecule has 4 saturated carbocycles. The monoisotopic (exact) mass is 858 g/mol. The number of rotatable bonds is 11. The Kier molecular flexibility index (Phi) is 12.6. The molecule has 6 heteroatoms. The van der Waals surface area contributed by atoms with Crippen LogP contribution in [0.3, 0.4) is 0 Å². The van der Waals surface area contributed by atoms with Crippen molar-refractivity contribution in [1.29, 1.82) is 0 Å². The minimum atomic E-state index is -2.42. The van der Waals surface area contributed by atoms with E-state index >= 15 is 0 Å². The van der Waals surface area contributed by atoms with E-state index in [9.17, 15) is 4.79 Å². The van der Waals surface area contributed by atoms with Gasteiger partial charge in [0.05, 0.1) is 0 Å². The van der Waals surface area contributed by atoms with Gasteiger partial charge < -0.3 is 0 Å². The van der Waals surface area contributed by atoms with Crippen LogP contribution in [-0.4, -0.2) is 55.6 Å². The van der Waals surface area contributed by atoms with E-state index < -0.39 is 26.5 Å². The molecule has 0 atom stereocenters. The summed E-state index contributed by atoms with van der Waals surface area (Å²) in [5, 5.41) is 3.50. The zero-order valence-electron chi connectivity index (χ0n) is 30.3. The number of carbonyl (C=O) groups excluding carboxylic acids is 1. The van der Waals surface area contributed by atoms with Gasteiger partial charge in [-0.2, -0.15) is 0 Å². The van der Waals surface area contributed by atoms with Crippen LogP contribution in [0.1, 0.15) is 128 Å². The molecule has 0 N–H and O–H groups in total. The second-order valence-corrected chi connectivity index (χ2v) is 46.4. The Hall–Kier alpha value is -0.781. The Morgan fingerprint density at radius 1 is 0.468 bits per heavy atom. The van der Waals surface area contributed by atoms with E-state index in [1.807, 2.05) is 4.80 Å². The summed E-state index contributed by atoms with van der Waals surface area (Å²) < 4.78 is 0. The molecule has 47 heavy (non-hydrogen) atoms. The van der Waals surface area contributed by atoms with Crippen LogP contribution in [0, 0.1) is 0 Å². The van der Waals surface area contributed by atoms with Crippen LogP contribution in [0.5, 0.6) is 0 Å². The molecule has 0 bridgehead atoms. The zero-order valence-corrected chi connectivity index (χ0v) is 34.7. The first-order chi connectivity index (χ1) is 22.9. The maximum absolute atomic E-state index is 15.0. The Morgan fingerprint density at radius 3 is 0.936 bits per heavy atom. The summed E-state index contributed by atoms with van der Waals surface area (Å²) in [7, 11) is 8.75. The molecule has 0 saturated heterocycles. The van der Waals surface area contributed by atoms with Gasteiger partial charge in [-0.15, -0.1) is 0 Å². The topological polar surface area (TPSA) is 23.6 Å². The van der Waals surface area contributed by atoms with Crippen LogP contribution in [0.25, 0.3) is 0 Å². The molecular formula is C41H67IrN2OP2. The zero-order chi connectivity index (χ0) is 32.9. The molecule has 0 heterocycles. The molecule has 266 valence electrons. The molecule has 6 rings (SSSR count). The average molecular weight is 858 g/mol. The third-order valence-electron chi connectivity index (χ3n) is 13.0. The molecule has 0 aromatic heterocycles. The SMILES string of the molecule is CN(C)c1ccc([PH](C2CCCCC2)(C2CCCCC2)[Ir]([CH]=O)[PH](c2ccc(N(C)C)cc2)(C2CCCCC2)C2CCCCC2)cc1. The standard InChI is InChI=1S/2C20H32NP.CHO.Ir/c2*1-21(2)17-13-15-20(16-14-17)22(18-9-5-3-6-10-18)19-11-7-4-8-12-19;1-2;/h2*13-16,18-19H,3-12H2,1-2H3;1H;/q;;;-2/p+2. The third kappa shape index (κ3) is 7.08. The van der Waals surface area contributed by atoms with E-state index in [1.54, 1.807) is 10.6 Å². The van der Waals surface area contributed by atoms with Gasteiger partial charge in [-0.1, -0.05) is 0 Å². The Balaban J connectivity index is 1.67. The minimum absolute atomic E-state index is 0.810. The Morgan fingerprint density at radius 2 is 0.723 bits per heavy atom. The Labute approximate surface area is 294 Å². The molecule has 0 amide bonds. The molecule has 0 radical (unpaired) electrons. The fourth-order valence-corrected chi connectivity index (χ4v) is 87.4. The third-order valence-corrected chi connectivity index (χ3v) is 67.6. The van der Waals surface area contributed by atoms with E-state index in [0.29, 0.717) is 0 Å². The van der Waals surface area contributed by atoms with Gasteiger partial charge >= 0.3 is 296 Å². The second kappa shape index (κ2) is 16.5. The van der Waals surface area contributed by atoms with Gasteiger partial charge in [-0.3, -0.25) is 0 Å². The molecule has 2 aromatic rings.